The molecule has 1 aromatic carbocycles. The van der Waals surface area contributed by atoms with Gasteiger partial charge in [0.1, 0.15) is 5.75 Å². The van der Waals surface area contributed by atoms with E-state index in [1.807, 2.05) is 30.3 Å². The molecule has 5 nitrogen and oxygen atoms in total. The summed E-state index contributed by atoms with van der Waals surface area (Å²) in [7, 11) is 0. The summed E-state index contributed by atoms with van der Waals surface area (Å²) >= 11 is 0. The Morgan fingerprint density at radius 2 is 1.91 bits per heavy atom. The standard InChI is InChI=1S/C17H22N2O3/c1-2-11-22-15-6-3-13(4-7-15)16-8-5-14(12-18)17(21)19(16)9-10-20/h3-8,20H,2,9-12,18H2,1H3. The molecule has 3 N–H and O–H groups in total. The van der Waals surface area contributed by atoms with Gasteiger partial charge in [0.15, 0.2) is 0 Å². The number of hydrogen-bond acceptors (Lipinski definition) is 4. The van der Waals surface area contributed by atoms with Crippen LogP contribution in [0.2, 0.25) is 0 Å². The largest absolute Gasteiger partial charge is 0.494 e. The third-order valence-corrected chi connectivity index (χ3v) is 3.42. The van der Waals surface area contributed by atoms with Crippen molar-refractivity contribution in [2.24, 2.45) is 5.73 Å². The van der Waals surface area contributed by atoms with E-state index in [2.05, 4.69) is 6.92 Å². The van der Waals surface area contributed by atoms with Gasteiger partial charge in [0.2, 0.25) is 0 Å². The Morgan fingerprint density at radius 1 is 1.18 bits per heavy atom. The molecule has 2 rings (SSSR count). The molecule has 5 heteroatoms. The molecule has 0 saturated carbocycles. The molecule has 0 aliphatic carbocycles. The summed E-state index contributed by atoms with van der Waals surface area (Å²) in [5, 5.41) is 9.21. The summed E-state index contributed by atoms with van der Waals surface area (Å²) in [5.41, 5.74) is 7.63. The fraction of sp³-hybridized carbons (Fsp3) is 0.353. The second-order valence-electron chi connectivity index (χ2n) is 5.00. The lowest BCUT2D eigenvalue weighted by atomic mass is 10.1. The first-order chi connectivity index (χ1) is 10.7. The molecule has 2 aromatic rings. The maximum Gasteiger partial charge on any atom is 0.255 e. The molecule has 0 unspecified atom stereocenters. The van der Waals surface area contributed by atoms with Crippen LogP contribution in [0.15, 0.2) is 41.2 Å². The van der Waals surface area contributed by atoms with E-state index in [1.165, 1.54) is 0 Å². The van der Waals surface area contributed by atoms with Gasteiger partial charge < -0.3 is 20.1 Å². The highest BCUT2D eigenvalue weighted by atomic mass is 16.5. The van der Waals surface area contributed by atoms with Gasteiger partial charge in [-0.05, 0) is 42.3 Å². The van der Waals surface area contributed by atoms with Crippen LogP contribution >= 0.6 is 0 Å². The molecule has 0 radical (unpaired) electrons. The molecule has 1 aromatic heterocycles. The second kappa shape index (κ2) is 7.77. The van der Waals surface area contributed by atoms with E-state index in [-0.39, 0.29) is 25.3 Å². The average molecular weight is 302 g/mol. The van der Waals surface area contributed by atoms with Crippen molar-refractivity contribution in [2.45, 2.75) is 26.4 Å². The van der Waals surface area contributed by atoms with Crippen molar-refractivity contribution >= 4 is 0 Å². The molecular formula is C17H22N2O3. The lowest BCUT2D eigenvalue weighted by Crippen LogP contribution is -2.27. The summed E-state index contributed by atoms with van der Waals surface area (Å²) in [6.45, 7) is 3.07. The van der Waals surface area contributed by atoms with E-state index in [9.17, 15) is 9.90 Å². The van der Waals surface area contributed by atoms with Crippen LogP contribution in [0, 0.1) is 0 Å². The third kappa shape index (κ3) is 3.55. The Bertz CT molecular complexity index is 663. The van der Waals surface area contributed by atoms with Crippen molar-refractivity contribution in [1.82, 2.24) is 4.57 Å². The van der Waals surface area contributed by atoms with E-state index < -0.39 is 0 Å². The highest BCUT2D eigenvalue weighted by Crippen LogP contribution is 2.22. The molecule has 0 fully saturated rings. The van der Waals surface area contributed by atoms with Gasteiger partial charge in [0.05, 0.1) is 18.9 Å². The number of nitrogens with zero attached hydrogens (tertiary/aromatic N) is 1. The molecule has 22 heavy (non-hydrogen) atoms. The monoisotopic (exact) mass is 302 g/mol. The summed E-state index contributed by atoms with van der Waals surface area (Å²) in [5.74, 6) is 0.806. The van der Waals surface area contributed by atoms with Crippen molar-refractivity contribution < 1.29 is 9.84 Å². The zero-order valence-electron chi connectivity index (χ0n) is 12.8. The average Bonchev–Trinajstić information content (AvgIpc) is 2.55. The van der Waals surface area contributed by atoms with E-state index in [4.69, 9.17) is 10.5 Å². The van der Waals surface area contributed by atoms with E-state index in [1.54, 1.807) is 10.6 Å². The van der Waals surface area contributed by atoms with Crippen molar-refractivity contribution in [1.29, 1.82) is 0 Å². The Hall–Kier alpha value is -2.11. The number of ether oxygens (including phenoxy) is 1. The molecule has 0 spiro atoms. The smallest absolute Gasteiger partial charge is 0.255 e. The van der Waals surface area contributed by atoms with Crippen LogP contribution in [0.4, 0.5) is 0 Å². The van der Waals surface area contributed by atoms with E-state index in [0.717, 1.165) is 23.4 Å². The van der Waals surface area contributed by atoms with E-state index >= 15 is 0 Å². The van der Waals surface area contributed by atoms with Gasteiger partial charge in [-0.25, -0.2) is 0 Å². The van der Waals surface area contributed by atoms with Crippen LogP contribution in [0.3, 0.4) is 0 Å². The van der Waals surface area contributed by atoms with Gasteiger partial charge in [-0.2, -0.15) is 0 Å². The lowest BCUT2D eigenvalue weighted by molar-refractivity contribution is 0.274. The molecule has 0 aliphatic heterocycles. The first kappa shape index (κ1) is 16.3. The highest BCUT2D eigenvalue weighted by Gasteiger charge is 2.09. The Morgan fingerprint density at radius 3 is 2.50 bits per heavy atom. The fourth-order valence-electron chi connectivity index (χ4n) is 2.29. The van der Waals surface area contributed by atoms with E-state index in [0.29, 0.717) is 12.2 Å². The predicted octanol–water partition coefficient (Wildman–Crippen LogP) is 1.76. The number of pyridine rings is 1. The Kier molecular flexibility index (Phi) is 5.75. The Balaban J connectivity index is 2.39. The summed E-state index contributed by atoms with van der Waals surface area (Å²) in [6.07, 6.45) is 0.957. The SMILES string of the molecule is CCCOc1ccc(-c2ccc(CN)c(=O)n2CCO)cc1. The van der Waals surface area contributed by atoms with Gasteiger partial charge in [0, 0.05) is 18.7 Å². The van der Waals surface area contributed by atoms with Crippen LogP contribution in [0.25, 0.3) is 11.3 Å². The van der Waals surface area contributed by atoms with Gasteiger partial charge in [0.25, 0.3) is 5.56 Å². The zero-order chi connectivity index (χ0) is 15.9. The van der Waals surface area contributed by atoms with Crippen molar-refractivity contribution in [2.75, 3.05) is 13.2 Å². The molecule has 0 bridgehead atoms. The van der Waals surface area contributed by atoms with Crippen LogP contribution < -0.4 is 16.0 Å². The number of aromatic nitrogens is 1. The fourth-order valence-corrected chi connectivity index (χ4v) is 2.29. The summed E-state index contributed by atoms with van der Waals surface area (Å²) in [4.78, 5) is 12.3. The third-order valence-electron chi connectivity index (χ3n) is 3.42. The molecule has 0 aliphatic rings. The number of benzene rings is 1. The van der Waals surface area contributed by atoms with Crippen molar-refractivity contribution in [3.8, 4) is 17.0 Å². The minimum atomic E-state index is -0.152. The summed E-state index contributed by atoms with van der Waals surface area (Å²) in [6, 6.07) is 11.2. The van der Waals surface area contributed by atoms with Gasteiger partial charge in [-0.1, -0.05) is 13.0 Å². The molecule has 0 atom stereocenters. The van der Waals surface area contributed by atoms with Crippen LogP contribution in [0.5, 0.6) is 5.75 Å². The van der Waals surface area contributed by atoms with Crippen LogP contribution in [-0.2, 0) is 13.1 Å². The maximum atomic E-state index is 12.3. The molecule has 118 valence electrons. The Labute approximate surface area is 130 Å². The molecule has 1 heterocycles. The molecule has 0 saturated heterocycles. The minimum Gasteiger partial charge on any atom is -0.494 e. The number of hydrogen-bond donors (Lipinski definition) is 2. The first-order valence-electron chi connectivity index (χ1n) is 7.48. The number of aliphatic hydroxyl groups excluding tert-OH is 1. The quantitative estimate of drug-likeness (QED) is 0.817. The summed E-state index contributed by atoms with van der Waals surface area (Å²) < 4.78 is 7.12. The number of aliphatic hydroxyl groups is 1. The van der Waals surface area contributed by atoms with Gasteiger partial charge in [-0.15, -0.1) is 0 Å². The first-order valence-corrected chi connectivity index (χ1v) is 7.48. The van der Waals surface area contributed by atoms with Crippen LogP contribution in [-0.4, -0.2) is 22.9 Å². The number of nitrogens with two attached hydrogens (primary N) is 1. The lowest BCUT2D eigenvalue weighted by Gasteiger charge is -2.14. The van der Waals surface area contributed by atoms with Gasteiger partial charge >= 0.3 is 0 Å². The zero-order valence-corrected chi connectivity index (χ0v) is 12.8. The predicted molar refractivity (Wildman–Crippen MR) is 86.9 cm³/mol. The second-order valence-corrected chi connectivity index (χ2v) is 5.00. The van der Waals surface area contributed by atoms with Crippen LogP contribution in [0.1, 0.15) is 18.9 Å². The van der Waals surface area contributed by atoms with Crippen molar-refractivity contribution in [3.05, 3.63) is 52.3 Å². The normalized spacial score (nSPS) is 10.7. The highest BCUT2D eigenvalue weighted by molar-refractivity contribution is 5.61. The molecule has 0 amide bonds. The topological polar surface area (TPSA) is 77.5 Å². The maximum absolute atomic E-state index is 12.3. The number of rotatable bonds is 7. The minimum absolute atomic E-state index is 0.0986. The molecular weight excluding hydrogens is 280 g/mol. The van der Waals surface area contributed by atoms with Gasteiger partial charge in [-0.3, -0.25) is 4.79 Å². The van der Waals surface area contributed by atoms with Crippen molar-refractivity contribution in [3.63, 3.8) is 0 Å².